The summed E-state index contributed by atoms with van der Waals surface area (Å²) in [5.41, 5.74) is 3.66. The Bertz CT molecular complexity index is 600. The largest absolute Gasteiger partial charge is 0.377 e. The maximum atomic E-state index is 12.7. The summed E-state index contributed by atoms with van der Waals surface area (Å²) in [7, 11) is 2.09. The van der Waals surface area contributed by atoms with E-state index < -0.39 is 0 Å². The van der Waals surface area contributed by atoms with Crippen LogP contribution in [0.5, 0.6) is 0 Å². The van der Waals surface area contributed by atoms with Gasteiger partial charge in [0.25, 0.3) is 0 Å². The van der Waals surface area contributed by atoms with E-state index in [1.165, 1.54) is 16.8 Å². The molecule has 2 heterocycles. The summed E-state index contributed by atoms with van der Waals surface area (Å²) in [5, 5.41) is 3.07. The molecule has 1 aromatic carbocycles. The molecule has 2 aliphatic rings. The summed E-state index contributed by atoms with van der Waals surface area (Å²) in [6, 6.07) is 8.48. The van der Waals surface area contributed by atoms with Crippen molar-refractivity contribution in [3.63, 3.8) is 0 Å². The average molecular weight is 315 g/mol. The SMILES string of the molecule is C[C@H]1CN(C)c2ccccc2CN1C(=O)NCC1=CCOCC1. The molecule has 23 heavy (non-hydrogen) atoms. The molecular formula is C18H25N3O2. The van der Waals surface area contributed by atoms with Crippen LogP contribution in [0.15, 0.2) is 35.9 Å². The minimum absolute atomic E-state index is 0.00925. The second kappa shape index (κ2) is 7.04. The predicted octanol–water partition coefficient (Wildman–Crippen LogP) is 2.38. The molecule has 1 aromatic rings. The number of anilines is 1. The topological polar surface area (TPSA) is 44.8 Å². The van der Waals surface area contributed by atoms with E-state index >= 15 is 0 Å². The van der Waals surface area contributed by atoms with Crippen LogP contribution in [0.2, 0.25) is 0 Å². The smallest absolute Gasteiger partial charge is 0.318 e. The Morgan fingerprint density at radius 3 is 3.00 bits per heavy atom. The monoisotopic (exact) mass is 315 g/mol. The molecule has 5 heteroatoms. The summed E-state index contributed by atoms with van der Waals surface area (Å²) in [4.78, 5) is 16.8. The maximum Gasteiger partial charge on any atom is 0.318 e. The molecule has 2 aliphatic heterocycles. The van der Waals surface area contributed by atoms with Gasteiger partial charge >= 0.3 is 6.03 Å². The maximum absolute atomic E-state index is 12.7. The van der Waals surface area contributed by atoms with Gasteiger partial charge in [-0.3, -0.25) is 0 Å². The fourth-order valence-corrected chi connectivity index (χ4v) is 3.24. The van der Waals surface area contributed by atoms with E-state index in [4.69, 9.17) is 4.74 Å². The molecular weight excluding hydrogens is 290 g/mol. The zero-order chi connectivity index (χ0) is 16.2. The summed E-state index contributed by atoms with van der Waals surface area (Å²) in [6.07, 6.45) is 2.97. The molecule has 0 saturated carbocycles. The summed E-state index contributed by atoms with van der Waals surface area (Å²) >= 11 is 0. The first kappa shape index (κ1) is 15.9. The van der Waals surface area contributed by atoms with Crippen LogP contribution >= 0.6 is 0 Å². The Hall–Kier alpha value is -2.01. The molecule has 124 valence electrons. The van der Waals surface area contributed by atoms with Gasteiger partial charge < -0.3 is 19.9 Å². The first-order valence-corrected chi connectivity index (χ1v) is 8.24. The van der Waals surface area contributed by atoms with Crippen molar-refractivity contribution in [1.82, 2.24) is 10.2 Å². The first-order valence-electron chi connectivity index (χ1n) is 8.24. The second-order valence-electron chi connectivity index (χ2n) is 6.33. The lowest BCUT2D eigenvalue weighted by molar-refractivity contribution is 0.152. The molecule has 1 atom stereocenters. The third-order valence-corrected chi connectivity index (χ3v) is 4.60. The molecule has 1 N–H and O–H groups in total. The van der Waals surface area contributed by atoms with E-state index in [-0.39, 0.29) is 12.1 Å². The van der Waals surface area contributed by atoms with Crippen molar-refractivity contribution in [2.45, 2.75) is 25.9 Å². The highest BCUT2D eigenvalue weighted by atomic mass is 16.5. The Labute approximate surface area is 137 Å². The van der Waals surface area contributed by atoms with Crippen molar-refractivity contribution in [3.05, 3.63) is 41.5 Å². The van der Waals surface area contributed by atoms with Gasteiger partial charge in [0.2, 0.25) is 0 Å². The highest BCUT2D eigenvalue weighted by Crippen LogP contribution is 2.25. The first-order chi connectivity index (χ1) is 11.1. The third-order valence-electron chi connectivity index (χ3n) is 4.60. The zero-order valence-electron chi connectivity index (χ0n) is 13.9. The molecule has 0 aliphatic carbocycles. The molecule has 2 amide bonds. The summed E-state index contributed by atoms with van der Waals surface area (Å²) in [5.74, 6) is 0. The molecule has 5 nitrogen and oxygen atoms in total. The van der Waals surface area contributed by atoms with Crippen LogP contribution in [0.3, 0.4) is 0 Å². The van der Waals surface area contributed by atoms with Gasteiger partial charge in [0.1, 0.15) is 0 Å². The van der Waals surface area contributed by atoms with Gasteiger partial charge in [0, 0.05) is 38.4 Å². The average Bonchev–Trinajstić information content (AvgIpc) is 2.70. The fraction of sp³-hybridized carbons (Fsp3) is 0.500. The number of nitrogens with zero attached hydrogens (tertiary/aromatic N) is 2. The van der Waals surface area contributed by atoms with Crippen LogP contribution in [0.4, 0.5) is 10.5 Å². The van der Waals surface area contributed by atoms with Gasteiger partial charge in [-0.2, -0.15) is 0 Å². The van der Waals surface area contributed by atoms with E-state index in [9.17, 15) is 4.79 Å². The number of carbonyl (C=O) groups excluding carboxylic acids is 1. The number of urea groups is 1. The van der Waals surface area contributed by atoms with Gasteiger partial charge in [-0.25, -0.2) is 4.79 Å². The lowest BCUT2D eigenvalue weighted by Crippen LogP contribution is -2.47. The Morgan fingerprint density at radius 1 is 1.39 bits per heavy atom. The number of ether oxygens (including phenoxy) is 1. The van der Waals surface area contributed by atoms with Crippen LogP contribution < -0.4 is 10.2 Å². The molecule has 0 bridgehead atoms. The van der Waals surface area contributed by atoms with Crippen LogP contribution in [0.1, 0.15) is 18.9 Å². The van der Waals surface area contributed by atoms with Crippen molar-refractivity contribution < 1.29 is 9.53 Å². The van der Waals surface area contributed by atoms with Gasteiger partial charge in [0.15, 0.2) is 0 Å². The van der Waals surface area contributed by atoms with Gasteiger partial charge in [-0.15, -0.1) is 0 Å². The number of para-hydroxylation sites is 1. The van der Waals surface area contributed by atoms with Crippen molar-refractivity contribution in [2.24, 2.45) is 0 Å². The quantitative estimate of drug-likeness (QED) is 0.852. The minimum Gasteiger partial charge on any atom is -0.377 e. The number of carbonyl (C=O) groups is 1. The number of nitrogens with one attached hydrogen (secondary N) is 1. The van der Waals surface area contributed by atoms with Gasteiger partial charge in [-0.1, -0.05) is 29.8 Å². The van der Waals surface area contributed by atoms with Crippen LogP contribution in [0.25, 0.3) is 0 Å². The van der Waals surface area contributed by atoms with E-state index in [0.717, 1.165) is 19.6 Å². The second-order valence-corrected chi connectivity index (χ2v) is 6.33. The molecule has 0 saturated heterocycles. The highest BCUT2D eigenvalue weighted by molar-refractivity contribution is 5.75. The van der Waals surface area contributed by atoms with Crippen molar-refractivity contribution in [3.8, 4) is 0 Å². The van der Waals surface area contributed by atoms with Crippen molar-refractivity contribution >= 4 is 11.7 Å². The molecule has 0 aromatic heterocycles. The van der Waals surface area contributed by atoms with Crippen molar-refractivity contribution in [1.29, 1.82) is 0 Å². The van der Waals surface area contributed by atoms with E-state index in [2.05, 4.69) is 42.4 Å². The number of hydrogen-bond acceptors (Lipinski definition) is 3. The number of rotatable bonds is 2. The van der Waals surface area contributed by atoms with E-state index in [1.54, 1.807) is 0 Å². The fourth-order valence-electron chi connectivity index (χ4n) is 3.24. The number of benzene rings is 1. The Morgan fingerprint density at radius 2 is 2.22 bits per heavy atom. The minimum atomic E-state index is 0.00925. The zero-order valence-corrected chi connectivity index (χ0v) is 13.9. The lowest BCUT2D eigenvalue weighted by Gasteiger charge is -2.29. The molecule has 3 rings (SSSR count). The van der Waals surface area contributed by atoms with Gasteiger partial charge in [-0.05, 0) is 25.0 Å². The third kappa shape index (κ3) is 3.67. The standard InChI is InChI=1S/C18H25N3O2/c1-14-12-20(2)17-6-4-3-5-16(17)13-21(14)18(22)19-11-15-7-9-23-10-8-15/h3-7,14H,8-13H2,1-2H3,(H,19,22)/t14-/m0/s1. The van der Waals surface area contributed by atoms with E-state index in [1.807, 2.05) is 17.0 Å². The summed E-state index contributed by atoms with van der Waals surface area (Å²) in [6.45, 7) is 5.61. The summed E-state index contributed by atoms with van der Waals surface area (Å²) < 4.78 is 5.30. The predicted molar refractivity (Wildman–Crippen MR) is 91.6 cm³/mol. The molecule has 0 fully saturated rings. The number of likely N-dealkylation sites (N-methyl/N-ethyl adjacent to an activating group) is 1. The number of amides is 2. The normalized spacial score (nSPS) is 21.3. The Kier molecular flexibility index (Phi) is 4.86. The molecule has 0 spiro atoms. The van der Waals surface area contributed by atoms with Gasteiger partial charge in [0.05, 0.1) is 13.2 Å². The van der Waals surface area contributed by atoms with Crippen molar-refractivity contribution in [2.75, 3.05) is 38.3 Å². The Balaban J connectivity index is 1.68. The number of hydrogen-bond donors (Lipinski definition) is 1. The van der Waals surface area contributed by atoms with Crippen LogP contribution in [-0.2, 0) is 11.3 Å². The van der Waals surface area contributed by atoms with Crippen LogP contribution in [0, 0.1) is 0 Å². The molecule has 0 unspecified atom stereocenters. The van der Waals surface area contributed by atoms with Crippen LogP contribution in [-0.4, -0.2) is 50.3 Å². The van der Waals surface area contributed by atoms with E-state index in [0.29, 0.717) is 19.7 Å². The lowest BCUT2D eigenvalue weighted by atomic mass is 10.1. The number of fused-ring (bicyclic) bond motifs is 1. The molecule has 0 radical (unpaired) electrons. The highest BCUT2D eigenvalue weighted by Gasteiger charge is 2.26.